The van der Waals surface area contributed by atoms with Crippen LogP contribution in [0.5, 0.6) is 5.75 Å². The smallest absolute Gasteiger partial charge is 0.270 e. The molecule has 9 nitrogen and oxygen atoms in total. The van der Waals surface area contributed by atoms with Crippen LogP contribution in [0.15, 0.2) is 36.4 Å². The monoisotopic (exact) mass is 415 g/mol. The summed E-state index contributed by atoms with van der Waals surface area (Å²) in [5.41, 5.74) is 0.374. The zero-order chi connectivity index (χ0) is 20.7. The molecule has 0 spiro atoms. The van der Waals surface area contributed by atoms with Crippen molar-refractivity contribution in [2.45, 2.75) is 12.5 Å². The molecule has 2 aromatic rings. The van der Waals surface area contributed by atoms with Gasteiger partial charge in [-0.2, -0.15) is 0 Å². The molecule has 0 fully saturated rings. The van der Waals surface area contributed by atoms with Gasteiger partial charge in [-0.25, -0.2) is 0 Å². The predicted octanol–water partition coefficient (Wildman–Crippen LogP) is 2.48. The highest BCUT2D eigenvalue weighted by atomic mass is 35.5. The normalized spacial score (nSPS) is 17.4. The number of nitro benzene ring substituents is 1. The Kier molecular flexibility index (Phi) is 4.67. The predicted molar refractivity (Wildman–Crippen MR) is 101 cm³/mol. The van der Waals surface area contributed by atoms with Crippen LogP contribution in [-0.2, 0) is 4.79 Å². The molecule has 0 bridgehead atoms. The Morgan fingerprint density at radius 3 is 2.72 bits per heavy atom. The maximum Gasteiger partial charge on any atom is 0.270 e. The van der Waals surface area contributed by atoms with Gasteiger partial charge in [-0.05, 0) is 24.3 Å². The van der Waals surface area contributed by atoms with Crippen molar-refractivity contribution in [1.29, 1.82) is 0 Å². The average molecular weight is 416 g/mol. The standard InChI is InChI=1S/C19H14ClN3O6/c20-10-1-4-16-14(7-10)15(5-6-29-16)21-17(24)9-22-18(25)12-3-2-11(23(27)28)8-13(12)19(22)26/h1-4,7-8,15H,5-6,9H2,(H,21,24). The number of imide groups is 1. The number of nitro groups is 1. The molecule has 0 saturated carbocycles. The highest BCUT2D eigenvalue weighted by Gasteiger charge is 2.38. The van der Waals surface area contributed by atoms with E-state index in [1.165, 1.54) is 6.07 Å². The van der Waals surface area contributed by atoms with Crippen LogP contribution in [-0.4, -0.2) is 40.7 Å². The molecule has 0 aromatic heterocycles. The molecule has 1 N–H and O–H groups in total. The maximum atomic E-state index is 12.5. The Morgan fingerprint density at radius 2 is 1.97 bits per heavy atom. The van der Waals surface area contributed by atoms with Gasteiger partial charge in [0.1, 0.15) is 12.3 Å². The number of nitrogens with one attached hydrogen (secondary N) is 1. The Morgan fingerprint density at radius 1 is 1.21 bits per heavy atom. The quantitative estimate of drug-likeness (QED) is 0.465. The number of hydrogen-bond donors (Lipinski definition) is 1. The second kappa shape index (κ2) is 7.17. The van der Waals surface area contributed by atoms with Gasteiger partial charge < -0.3 is 10.1 Å². The number of amides is 3. The van der Waals surface area contributed by atoms with Crippen molar-refractivity contribution in [3.8, 4) is 5.75 Å². The van der Waals surface area contributed by atoms with Gasteiger partial charge in [0.15, 0.2) is 0 Å². The van der Waals surface area contributed by atoms with E-state index in [0.29, 0.717) is 23.8 Å². The lowest BCUT2D eigenvalue weighted by Crippen LogP contribution is -2.42. The molecule has 1 atom stereocenters. The summed E-state index contributed by atoms with van der Waals surface area (Å²) < 4.78 is 5.55. The highest BCUT2D eigenvalue weighted by Crippen LogP contribution is 2.34. The topological polar surface area (TPSA) is 119 Å². The summed E-state index contributed by atoms with van der Waals surface area (Å²) in [5.74, 6) is -1.32. The Bertz CT molecular complexity index is 1070. The second-order valence-electron chi connectivity index (χ2n) is 6.62. The summed E-state index contributed by atoms with van der Waals surface area (Å²) in [6.07, 6.45) is 0.507. The molecule has 4 rings (SSSR count). The zero-order valence-electron chi connectivity index (χ0n) is 14.9. The molecular formula is C19H14ClN3O6. The van der Waals surface area contributed by atoms with E-state index in [-0.39, 0.29) is 22.9 Å². The number of non-ortho nitro benzene ring substituents is 1. The Labute approximate surface area is 169 Å². The lowest BCUT2D eigenvalue weighted by molar-refractivity contribution is -0.384. The van der Waals surface area contributed by atoms with Crippen molar-refractivity contribution in [1.82, 2.24) is 10.2 Å². The van der Waals surface area contributed by atoms with E-state index in [1.54, 1.807) is 18.2 Å². The molecular weight excluding hydrogens is 402 g/mol. The lowest BCUT2D eigenvalue weighted by Gasteiger charge is -2.27. The first-order valence-electron chi connectivity index (χ1n) is 8.71. The van der Waals surface area contributed by atoms with E-state index >= 15 is 0 Å². The van der Waals surface area contributed by atoms with Crippen LogP contribution in [0.25, 0.3) is 0 Å². The number of ether oxygens (including phenoxy) is 1. The zero-order valence-corrected chi connectivity index (χ0v) is 15.6. The first-order valence-corrected chi connectivity index (χ1v) is 9.09. The molecule has 2 aliphatic rings. The fourth-order valence-electron chi connectivity index (χ4n) is 3.43. The van der Waals surface area contributed by atoms with E-state index in [4.69, 9.17) is 16.3 Å². The Balaban J connectivity index is 1.50. The van der Waals surface area contributed by atoms with E-state index in [2.05, 4.69) is 5.32 Å². The Hall–Kier alpha value is -3.46. The van der Waals surface area contributed by atoms with Crippen molar-refractivity contribution in [2.24, 2.45) is 0 Å². The number of carbonyl (C=O) groups is 3. The third-order valence-corrected chi connectivity index (χ3v) is 5.05. The average Bonchev–Trinajstić information content (AvgIpc) is 2.93. The SMILES string of the molecule is O=C(CN1C(=O)c2ccc([N+](=O)[O-])cc2C1=O)NC1CCOc2ccc(Cl)cc21. The summed E-state index contributed by atoms with van der Waals surface area (Å²) >= 11 is 6.03. The number of rotatable bonds is 4. The molecule has 10 heteroatoms. The van der Waals surface area contributed by atoms with Crippen molar-refractivity contribution >= 4 is 35.0 Å². The van der Waals surface area contributed by atoms with Gasteiger partial charge in [0.25, 0.3) is 17.5 Å². The third kappa shape index (κ3) is 3.40. The summed E-state index contributed by atoms with van der Waals surface area (Å²) in [5, 5.41) is 14.2. The van der Waals surface area contributed by atoms with E-state index in [0.717, 1.165) is 22.6 Å². The van der Waals surface area contributed by atoms with Crippen LogP contribution in [0.4, 0.5) is 5.69 Å². The maximum absolute atomic E-state index is 12.5. The first kappa shape index (κ1) is 18.9. The molecule has 2 aliphatic heterocycles. The number of benzene rings is 2. The summed E-state index contributed by atoms with van der Waals surface area (Å²) in [6, 6.07) is 8.14. The number of carbonyl (C=O) groups excluding carboxylic acids is 3. The highest BCUT2D eigenvalue weighted by molar-refractivity contribution is 6.30. The van der Waals surface area contributed by atoms with Crippen molar-refractivity contribution in [3.63, 3.8) is 0 Å². The lowest BCUT2D eigenvalue weighted by atomic mass is 10.0. The van der Waals surface area contributed by atoms with E-state index in [9.17, 15) is 24.5 Å². The molecule has 0 aliphatic carbocycles. The molecule has 1 unspecified atom stereocenters. The molecule has 0 saturated heterocycles. The molecule has 2 heterocycles. The molecule has 3 amide bonds. The number of nitrogens with zero attached hydrogens (tertiary/aromatic N) is 2. The van der Waals surface area contributed by atoms with Crippen LogP contribution < -0.4 is 10.1 Å². The summed E-state index contributed by atoms with van der Waals surface area (Å²) in [6.45, 7) is -0.0936. The minimum Gasteiger partial charge on any atom is -0.493 e. The first-order chi connectivity index (χ1) is 13.8. The fraction of sp³-hybridized carbons (Fsp3) is 0.211. The van der Waals surface area contributed by atoms with Crippen molar-refractivity contribution < 1.29 is 24.0 Å². The van der Waals surface area contributed by atoms with Crippen LogP contribution >= 0.6 is 11.6 Å². The van der Waals surface area contributed by atoms with Crippen LogP contribution in [0, 0.1) is 10.1 Å². The van der Waals surface area contributed by atoms with Crippen LogP contribution in [0.2, 0.25) is 5.02 Å². The van der Waals surface area contributed by atoms with Crippen LogP contribution in [0.3, 0.4) is 0 Å². The molecule has 148 valence electrons. The van der Waals surface area contributed by atoms with Crippen molar-refractivity contribution in [3.05, 3.63) is 68.2 Å². The molecule has 0 radical (unpaired) electrons. The summed E-state index contributed by atoms with van der Waals surface area (Å²) in [4.78, 5) is 48.6. The van der Waals surface area contributed by atoms with Crippen LogP contribution in [0.1, 0.15) is 38.7 Å². The minimum absolute atomic E-state index is 0.0385. The second-order valence-corrected chi connectivity index (χ2v) is 7.06. The number of fused-ring (bicyclic) bond motifs is 2. The van der Waals surface area contributed by atoms with Gasteiger partial charge in [-0.3, -0.25) is 29.4 Å². The molecule has 2 aromatic carbocycles. The van der Waals surface area contributed by atoms with Crippen molar-refractivity contribution in [2.75, 3.05) is 13.2 Å². The van der Waals surface area contributed by atoms with Gasteiger partial charge >= 0.3 is 0 Å². The van der Waals surface area contributed by atoms with E-state index < -0.39 is 29.2 Å². The number of hydrogen-bond acceptors (Lipinski definition) is 6. The van der Waals surface area contributed by atoms with E-state index in [1.807, 2.05) is 0 Å². The minimum atomic E-state index is -0.737. The van der Waals surface area contributed by atoms with Gasteiger partial charge in [0, 0.05) is 29.1 Å². The largest absolute Gasteiger partial charge is 0.493 e. The van der Waals surface area contributed by atoms with Gasteiger partial charge in [0.05, 0.1) is 28.7 Å². The van der Waals surface area contributed by atoms with Gasteiger partial charge in [-0.1, -0.05) is 11.6 Å². The fourth-order valence-corrected chi connectivity index (χ4v) is 3.62. The molecule has 29 heavy (non-hydrogen) atoms. The third-order valence-electron chi connectivity index (χ3n) is 4.81. The number of halogens is 1. The summed E-state index contributed by atoms with van der Waals surface area (Å²) in [7, 11) is 0. The van der Waals surface area contributed by atoms with Gasteiger partial charge in [-0.15, -0.1) is 0 Å². The van der Waals surface area contributed by atoms with Gasteiger partial charge in [0.2, 0.25) is 5.91 Å².